The molecular weight excluding hydrogens is 314 g/mol. The van der Waals surface area contributed by atoms with Gasteiger partial charge in [-0.1, -0.05) is 15.9 Å². The number of ether oxygens (including phenoxy) is 1. The monoisotopic (exact) mass is 317 g/mol. The van der Waals surface area contributed by atoms with Gasteiger partial charge in [0.15, 0.2) is 6.39 Å². The molecule has 1 aromatic carbocycles. The van der Waals surface area contributed by atoms with Crippen LogP contribution in [-0.2, 0) is 0 Å². The average Bonchev–Trinajstić information content (AvgIpc) is 2.62. The van der Waals surface area contributed by atoms with Gasteiger partial charge in [-0.15, -0.1) is 0 Å². The third kappa shape index (κ3) is 2.16. The molecule has 1 aromatic heterocycles. The predicted octanol–water partition coefficient (Wildman–Crippen LogP) is 3.99. The maximum atomic E-state index is 5.41. The van der Waals surface area contributed by atoms with Crippen LogP contribution < -0.4 is 4.74 Å². The van der Waals surface area contributed by atoms with Crippen LogP contribution in [-0.4, -0.2) is 4.98 Å². The van der Waals surface area contributed by atoms with Crippen molar-refractivity contribution in [2.24, 2.45) is 0 Å². The molecule has 3 nitrogen and oxygen atoms in total. The van der Waals surface area contributed by atoms with E-state index < -0.39 is 0 Å². The molecule has 0 radical (unpaired) electrons. The normalized spacial score (nSPS) is 10.1. The Balaban J connectivity index is 2.25. The van der Waals surface area contributed by atoms with Gasteiger partial charge in [0.2, 0.25) is 0 Å². The van der Waals surface area contributed by atoms with Crippen LogP contribution in [0.4, 0.5) is 0 Å². The number of nitrogens with zero attached hydrogens (tertiary/aromatic N) is 1. The lowest BCUT2D eigenvalue weighted by Crippen LogP contribution is -1.82. The highest BCUT2D eigenvalue weighted by Crippen LogP contribution is 2.31. The molecule has 2 aromatic rings. The van der Waals surface area contributed by atoms with E-state index in [-0.39, 0.29) is 0 Å². The third-order valence-corrected chi connectivity index (χ3v) is 2.63. The van der Waals surface area contributed by atoms with Gasteiger partial charge in [0.1, 0.15) is 11.9 Å². The topological polar surface area (TPSA) is 35.3 Å². The van der Waals surface area contributed by atoms with E-state index in [1.807, 2.05) is 18.2 Å². The Morgan fingerprint density at radius 1 is 1.29 bits per heavy atom. The molecule has 0 N–H and O–H groups in total. The lowest BCUT2D eigenvalue weighted by molar-refractivity contribution is 0.344. The Morgan fingerprint density at radius 2 is 2.14 bits per heavy atom. The molecule has 1 heterocycles. The third-order valence-electron chi connectivity index (χ3n) is 1.51. The Morgan fingerprint density at radius 3 is 2.79 bits per heavy atom. The number of hydrogen-bond acceptors (Lipinski definition) is 3. The van der Waals surface area contributed by atoms with Crippen molar-refractivity contribution in [1.29, 1.82) is 0 Å². The van der Waals surface area contributed by atoms with Gasteiger partial charge in [-0.25, -0.2) is 4.98 Å². The summed E-state index contributed by atoms with van der Waals surface area (Å²) in [5.74, 6) is 1.05. The highest BCUT2D eigenvalue weighted by Gasteiger charge is 2.04. The zero-order valence-electron chi connectivity index (χ0n) is 6.91. The number of aromatic nitrogens is 1. The second kappa shape index (κ2) is 4.14. The van der Waals surface area contributed by atoms with Crippen molar-refractivity contribution < 1.29 is 9.15 Å². The van der Waals surface area contributed by atoms with E-state index in [0.717, 1.165) is 8.95 Å². The van der Waals surface area contributed by atoms with E-state index in [0.29, 0.717) is 11.7 Å². The van der Waals surface area contributed by atoms with Crippen LogP contribution >= 0.6 is 31.9 Å². The minimum absolute atomic E-state index is 0.369. The first-order valence-corrected chi connectivity index (χ1v) is 5.36. The van der Waals surface area contributed by atoms with Crippen LogP contribution in [0.25, 0.3) is 0 Å². The number of oxazole rings is 1. The maximum Gasteiger partial charge on any atom is 0.310 e. The molecule has 0 atom stereocenters. The lowest BCUT2D eigenvalue weighted by atomic mass is 10.3. The van der Waals surface area contributed by atoms with Gasteiger partial charge >= 0.3 is 5.95 Å². The van der Waals surface area contributed by atoms with Gasteiger partial charge in [-0.05, 0) is 34.1 Å². The molecule has 0 fully saturated rings. The highest BCUT2D eigenvalue weighted by atomic mass is 79.9. The van der Waals surface area contributed by atoms with Gasteiger partial charge in [0.25, 0.3) is 0 Å². The first kappa shape index (κ1) is 9.73. The number of halogens is 2. The number of rotatable bonds is 2. The summed E-state index contributed by atoms with van der Waals surface area (Å²) in [6.07, 6.45) is 2.83. The zero-order chi connectivity index (χ0) is 9.97. The fraction of sp³-hybridized carbons (Fsp3) is 0. The van der Waals surface area contributed by atoms with Crippen LogP contribution in [0.1, 0.15) is 0 Å². The first-order chi connectivity index (χ1) is 6.75. The number of benzene rings is 1. The van der Waals surface area contributed by atoms with E-state index >= 15 is 0 Å². The Bertz CT molecular complexity index is 428. The molecule has 0 aliphatic heterocycles. The van der Waals surface area contributed by atoms with Crippen LogP contribution in [0.2, 0.25) is 0 Å². The van der Waals surface area contributed by atoms with E-state index in [2.05, 4.69) is 36.8 Å². The van der Waals surface area contributed by atoms with E-state index in [4.69, 9.17) is 9.15 Å². The van der Waals surface area contributed by atoms with Gasteiger partial charge in [-0.3, -0.25) is 0 Å². The fourth-order valence-electron chi connectivity index (χ4n) is 0.921. The summed E-state index contributed by atoms with van der Waals surface area (Å²) in [5, 5.41) is 0. The molecule has 14 heavy (non-hydrogen) atoms. The largest absolute Gasteiger partial charge is 0.424 e. The van der Waals surface area contributed by atoms with Gasteiger partial charge in [0.05, 0.1) is 4.47 Å². The molecule has 0 amide bonds. The van der Waals surface area contributed by atoms with Crippen LogP contribution in [0.15, 0.2) is 44.2 Å². The van der Waals surface area contributed by atoms with Crippen LogP contribution in [0, 0.1) is 0 Å². The molecule has 2 rings (SSSR count). The highest BCUT2D eigenvalue weighted by molar-refractivity contribution is 9.11. The van der Waals surface area contributed by atoms with Crippen molar-refractivity contribution in [3.8, 4) is 11.7 Å². The molecule has 0 spiro atoms. The van der Waals surface area contributed by atoms with Crippen molar-refractivity contribution in [2.45, 2.75) is 0 Å². The first-order valence-electron chi connectivity index (χ1n) is 3.77. The standard InChI is InChI=1S/C9H5Br2NO2/c10-6-1-2-8(7(11)3-6)14-9-4-12-5-13-9/h1-5H. The van der Waals surface area contributed by atoms with Crippen molar-refractivity contribution in [3.63, 3.8) is 0 Å². The van der Waals surface area contributed by atoms with E-state index in [9.17, 15) is 0 Å². The summed E-state index contributed by atoms with van der Waals surface area (Å²) in [7, 11) is 0. The molecule has 0 aliphatic carbocycles. The summed E-state index contributed by atoms with van der Waals surface area (Å²) in [4.78, 5) is 3.75. The molecule has 5 heteroatoms. The molecular formula is C9H5Br2NO2. The van der Waals surface area contributed by atoms with Crippen molar-refractivity contribution in [2.75, 3.05) is 0 Å². The van der Waals surface area contributed by atoms with Gasteiger partial charge in [0, 0.05) is 4.47 Å². The molecule has 0 bridgehead atoms. The fourth-order valence-corrected chi connectivity index (χ4v) is 2.05. The Labute approximate surface area is 97.4 Å². The van der Waals surface area contributed by atoms with Crippen molar-refractivity contribution in [1.82, 2.24) is 4.98 Å². The SMILES string of the molecule is Brc1ccc(Oc2cnco2)c(Br)c1. The number of hydrogen-bond donors (Lipinski definition) is 0. The molecule has 0 saturated heterocycles. The quantitative estimate of drug-likeness (QED) is 0.839. The van der Waals surface area contributed by atoms with Gasteiger partial charge < -0.3 is 9.15 Å². The smallest absolute Gasteiger partial charge is 0.310 e. The van der Waals surface area contributed by atoms with E-state index in [1.54, 1.807) is 0 Å². The summed E-state index contributed by atoms with van der Waals surface area (Å²) in [5.41, 5.74) is 0. The average molecular weight is 319 g/mol. The summed E-state index contributed by atoms with van der Waals surface area (Å²) in [6.45, 7) is 0. The minimum atomic E-state index is 0.369. The van der Waals surface area contributed by atoms with Gasteiger partial charge in [-0.2, -0.15) is 0 Å². The second-order valence-corrected chi connectivity index (χ2v) is 4.27. The van der Waals surface area contributed by atoms with Crippen LogP contribution in [0.3, 0.4) is 0 Å². The predicted molar refractivity (Wildman–Crippen MR) is 58.4 cm³/mol. The molecule has 0 unspecified atom stereocenters. The molecule has 0 saturated carbocycles. The Kier molecular flexibility index (Phi) is 2.88. The van der Waals surface area contributed by atoms with Crippen LogP contribution in [0.5, 0.6) is 11.7 Å². The second-order valence-electron chi connectivity index (χ2n) is 2.50. The van der Waals surface area contributed by atoms with Crippen molar-refractivity contribution in [3.05, 3.63) is 39.7 Å². The summed E-state index contributed by atoms with van der Waals surface area (Å²) in [6, 6.07) is 5.61. The lowest BCUT2D eigenvalue weighted by Gasteiger charge is -2.03. The van der Waals surface area contributed by atoms with Crippen molar-refractivity contribution >= 4 is 31.9 Å². The van der Waals surface area contributed by atoms with E-state index in [1.165, 1.54) is 12.6 Å². The maximum absolute atomic E-state index is 5.41. The zero-order valence-corrected chi connectivity index (χ0v) is 10.1. The minimum Gasteiger partial charge on any atom is -0.424 e. The Hall–Kier alpha value is -0.810. The summed E-state index contributed by atoms with van der Waals surface area (Å²) < 4.78 is 12.2. The molecule has 72 valence electrons. The molecule has 0 aliphatic rings. The summed E-state index contributed by atoms with van der Waals surface area (Å²) >= 11 is 6.73.